The van der Waals surface area contributed by atoms with Gasteiger partial charge in [0.2, 0.25) is 5.71 Å². The van der Waals surface area contributed by atoms with E-state index in [1.54, 1.807) is 0 Å². The first-order valence-electron chi connectivity index (χ1n) is 5.39. The Balaban J connectivity index is 2.61. The average Bonchev–Trinajstić information content (AvgIpc) is 2.65. The van der Waals surface area contributed by atoms with Gasteiger partial charge in [-0.2, -0.15) is 0 Å². The third kappa shape index (κ3) is 1.88. The van der Waals surface area contributed by atoms with Crippen molar-refractivity contribution in [3.05, 3.63) is 23.2 Å². The molecule has 0 saturated heterocycles. The molecule has 0 aromatic carbocycles. The van der Waals surface area contributed by atoms with Crippen LogP contribution in [0.15, 0.2) is 10.6 Å². The fourth-order valence-electron chi connectivity index (χ4n) is 1.75. The smallest absolute Gasteiger partial charge is 0.358 e. The molecule has 5 nitrogen and oxygen atoms in total. The lowest BCUT2D eigenvalue weighted by atomic mass is 10.1. The van der Waals surface area contributed by atoms with Crippen LogP contribution >= 0.6 is 0 Å². The minimum absolute atomic E-state index is 0.194. The molecule has 2 aromatic heterocycles. The lowest BCUT2D eigenvalue weighted by Crippen LogP contribution is -2.04. The lowest BCUT2D eigenvalue weighted by molar-refractivity contribution is 0.0594. The van der Waals surface area contributed by atoms with E-state index in [0.717, 1.165) is 11.3 Å². The second-order valence-electron chi connectivity index (χ2n) is 4.15. The van der Waals surface area contributed by atoms with Gasteiger partial charge >= 0.3 is 5.97 Å². The SMILES string of the molecule is COC(=O)c1cnc2oc(C(C)C)c(C)c2n1. The van der Waals surface area contributed by atoms with E-state index in [2.05, 4.69) is 14.7 Å². The molecule has 0 N–H and O–H groups in total. The first-order chi connectivity index (χ1) is 8.04. The second-order valence-corrected chi connectivity index (χ2v) is 4.15. The fraction of sp³-hybridized carbons (Fsp3) is 0.417. The maximum Gasteiger partial charge on any atom is 0.358 e. The van der Waals surface area contributed by atoms with Gasteiger partial charge in [0.25, 0.3) is 0 Å². The molecule has 0 radical (unpaired) electrons. The number of methoxy groups -OCH3 is 1. The minimum atomic E-state index is -0.494. The summed E-state index contributed by atoms with van der Waals surface area (Å²) in [6.45, 7) is 5.98. The Labute approximate surface area is 98.8 Å². The molecule has 2 aromatic rings. The van der Waals surface area contributed by atoms with Crippen molar-refractivity contribution < 1.29 is 13.9 Å². The van der Waals surface area contributed by atoms with Crippen LogP contribution in [0.4, 0.5) is 0 Å². The Bertz CT molecular complexity index is 572. The fourth-order valence-corrected chi connectivity index (χ4v) is 1.75. The molecule has 0 aliphatic carbocycles. The zero-order valence-corrected chi connectivity index (χ0v) is 10.3. The summed E-state index contributed by atoms with van der Waals surface area (Å²) >= 11 is 0. The quantitative estimate of drug-likeness (QED) is 0.746. The van der Waals surface area contributed by atoms with E-state index in [0.29, 0.717) is 11.2 Å². The summed E-state index contributed by atoms with van der Waals surface area (Å²) < 4.78 is 10.2. The number of furan rings is 1. The van der Waals surface area contributed by atoms with Gasteiger partial charge in [0.15, 0.2) is 5.69 Å². The van der Waals surface area contributed by atoms with Gasteiger partial charge in [0, 0.05) is 11.5 Å². The number of aryl methyl sites for hydroxylation is 1. The number of hydrogen-bond donors (Lipinski definition) is 0. The average molecular weight is 234 g/mol. The van der Waals surface area contributed by atoms with Crippen LogP contribution in [0.5, 0.6) is 0 Å². The maximum absolute atomic E-state index is 11.4. The van der Waals surface area contributed by atoms with Crippen LogP contribution < -0.4 is 0 Å². The van der Waals surface area contributed by atoms with Crippen molar-refractivity contribution in [2.45, 2.75) is 26.7 Å². The van der Waals surface area contributed by atoms with Crippen molar-refractivity contribution in [2.24, 2.45) is 0 Å². The molecule has 5 heteroatoms. The van der Waals surface area contributed by atoms with Gasteiger partial charge in [0.05, 0.1) is 13.3 Å². The third-order valence-electron chi connectivity index (χ3n) is 2.59. The molecule has 17 heavy (non-hydrogen) atoms. The summed E-state index contributed by atoms with van der Waals surface area (Å²) in [7, 11) is 1.32. The molecular weight excluding hydrogens is 220 g/mol. The minimum Gasteiger partial charge on any atom is -0.464 e. The van der Waals surface area contributed by atoms with Crippen LogP contribution in [0.2, 0.25) is 0 Å². The predicted octanol–water partition coefficient (Wildman–Crippen LogP) is 2.44. The van der Waals surface area contributed by atoms with Crippen molar-refractivity contribution in [1.82, 2.24) is 9.97 Å². The highest BCUT2D eigenvalue weighted by molar-refractivity contribution is 5.89. The first-order valence-corrected chi connectivity index (χ1v) is 5.39. The van der Waals surface area contributed by atoms with E-state index in [-0.39, 0.29) is 11.6 Å². The molecule has 0 fully saturated rings. The highest BCUT2D eigenvalue weighted by atomic mass is 16.5. The van der Waals surface area contributed by atoms with Crippen LogP contribution in [0, 0.1) is 6.92 Å². The van der Waals surface area contributed by atoms with Gasteiger partial charge < -0.3 is 9.15 Å². The van der Waals surface area contributed by atoms with Crippen LogP contribution in [0.1, 0.15) is 41.6 Å². The normalized spacial score (nSPS) is 11.1. The number of fused-ring (bicyclic) bond motifs is 1. The van der Waals surface area contributed by atoms with Crippen LogP contribution in [0.25, 0.3) is 11.2 Å². The molecule has 0 spiro atoms. The van der Waals surface area contributed by atoms with E-state index < -0.39 is 5.97 Å². The Kier molecular flexibility index (Phi) is 2.83. The van der Waals surface area contributed by atoms with E-state index >= 15 is 0 Å². The highest BCUT2D eigenvalue weighted by Crippen LogP contribution is 2.27. The summed E-state index contributed by atoms with van der Waals surface area (Å²) in [5, 5.41) is 0. The number of esters is 1. The first kappa shape index (κ1) is 11.6. The lowest BCUT2D eigenvalue weighted by Gasteiger charge is -1.99. The second kappa shape index (κ2) is 4.16. The zero-order chi connectivity index (χ0) is 12.6. The third-order valence-corrected chi connectivity index (χ3v) is 2.59. The summed E-state index contributed by atoms with van der Waals surface area (Å²) in [5.41, 5.74) is 2.20. The largest absolute Gasteiger partial charge is 0.464 e. The Morgan fingerprint density at radius 3 is 2.76 bits per heavy atom. The summed E-state index contributed by atoms with van der Waals surface area (Å²) in [6, 6.07) is 0. The Hall–Kier alpha value is -1.91. The monoisotopic (exact) mass is 234 g/mol. The number of hydrogen-bond acceptors (Lipinski definition) is 5. The van der Waals surface area contributed by atoms with E-state index in [1.807, 2.05) is 20.8 Å². The van der Waals surface area contributed by atoms with Crippen molar-refractivity contribution in [3.8, 4) is 0 Å². The number of rotatable bonds is 2. The molecule has 0 aliphatic heterocycles. The molecule has 2 heterocycles. The topological polar surface area (TPSA) is 65.2 Å². The summed E-state index contributed by atoms with van der Waals surface area (Å²) in [4.78, 5) is 19.7. The molecular formula is C12H14N2O3. The maximum atomic E-state index is 11.4. The van der Waals surface area contributed by atoms with Gasteiger partial charge in [-0.25, -0.2) is 14.8 Å². The number of carbonyl (C=O) groups is 1. The van der Waals surface area contributed by atoms with Gasteiger partial charge in [-0.3, -0.25) is 0 Å². The molecule has 0 aliphatic rings. The number of aromatic nitrogens is 2. The number of carbonyl (C=O) groups excluding carboxylic acids is 1. The Morgan fingerprint density at radius 1 is 1.47 bits per heavy atom. The standard InChI is InChI=1S/C12H14N2O3/c1-6(2)10-7(3)9-11(17-10)13-5-8(14-9)12(15)16-4/h5-6H,1-4H3. The molecule has 0 saturated carbocycles. The molecule has 0 unspecified atom stereocenters. The van der Waals surface area contributed by atoms with E-state index in [9.17, 15) is 4.79 Å². The number of nitrogens with zero attached hydrogens (tertiary/aromatic N) is 2. The van der Waals surface area contributed by atoms with Crippen molar-refractivity contribution in [1.29, 1.82) is 0 Å². The Morgan fingerprint density at radius 2 is 2.18 bits per heavy atom. The van der Waals surface area contributed by atoms with E-state index in [1.165, 1.54) is 13.3 Å². The molecule has 90 valence electrons. The van der Waals surface area contributed by atoms with Crippen molar-refractivity contribution in [2.75, 3.05) is 7.11 Å². The summed E-state index contributed by atoms with van der Waals surface area (Å²) in [5.74, 6) is 0.612. The molecule has 0 bridgehead atoms. The highest BCUT2D eigenvalue weighted by Gasteiger charge is 2.18. The van der Waals surface area contributed by atoms with Gasteiger partial charge in [0.1, 0.15) is 11.3 Å². The molecule has 0 amide bonds. The van der Waals surface area contributed by atoms with Crippen molar-refractivity contribution >= 4 is 17.2 Å². The molecule has 0 atom stereocenters. The van der Waals surface area contributed by atoms with Crippen LogP contribution in [-0.2, 0) is 4.74 Å². The predicted molar refractivity (Wildman–Crippen MR) is 62.0 cm³/mol. The van der Waals surface area contributed by atoms with Crippen LogP contribution in [-0.4, -0.2) is 23.0 Å². The van der Waals surface area contributed by atoms with Gasteiger partial charge in [-0.1, -0.05) is 13.8 Å². The van der Waals surface area contributed by atoms with E-state index in [4.69, 9.17) is 4.42 Å². The summed E-state index contributed by atoms with van der Waals surface area (Å²) in [6.07, 6.45) is 1.36. The van der Waals surface area contributed by atoms with Gasteiger partial charge in [-0.05, 0) is 6.92 Å². The number of ether oxygens (including phenoxy) is 1. The van der Waals surface area contributed by atoms with Crippen molar-refractivity contribution in [3.63, 3.8) is 0 Å². The van der Waals surface area contributed by atoms with Gasteiger partial charge in [-0.15, -0.1) is 0 Å². The molecule has 2 rings (SSSR count). The zero-order valence-electron chi connectivity index (χ0n) is 10.3. The van der Waals surface area contributed by atoms with Crippen LogP contribution in [0.3, 0.4) is 0 Å².